The molecule has 5 heteroatoms. The largest absolute Gasteiger partial charge is 0.504 e. The molecule has 0 aliphatic rings. The Morgan fingerprint density at radius 1 is 1.20 bits per heavy atom. The van der Waals surface area contributed by atoms with E-state index in [1.165, 1.54) is 17.0 Å². The van der Waals surface area contributed by atoms with Gasteiger partial charge in [-0.05, 0) is 45.9 Å². The van der Waals surface area contributed by atoms with E-state index in [0.29, 0.717) is 0 Å². The third-order valence-electron chi connectivity index (χ3n) is 2.89. The molecule has 3 N–H and O–H groups in total. The van der Waals surface area contributed by atoms with Crippen LogP contribution in [0, 0.1) is 6.92 Å². The quantitative estimate of drug-likeness (QED) is 0.758. The minimum absolute atomic E-state index is 0.0629. The summed E-state index contributed by atoms with van der Waals surface area (Å²) >= 11 is 1.60. The molecule has 1 aromatic heterocycles. The molecule has 0 amide bonds. The van der Waals surface area contributed by atoms with Crippen LogP contribution in [0.1, 0.15) is 31.3 Å². The molecule has 4 nitrogen and oxygen atoms in total. The maximum absolute atomic E-state index is 9.56. The summed E-state index contributed by atoms with van der Waals surface area (Å²) in [6, 6.07) is 4.78. The zero-order valence-corrected chi connectivity index (χ0v) is 13.0. The number of thiazole rings is 1. The monoisotopic (exact) mass is 292 g/mol. The smallest absolute Gasteiger partial charge is 0.158 e. The van der Waals surface area contributed by atoms with E-state index in [1.54, 1.807) is 17.4 Å². The van der Waals surface area contributed by atoms with Crippen molar-refractivity contribution in [1.29, 1.82) is 0 Å². The van der Waals surface area contributed by atoms with E-state index >= 15 is 0 Å². The van der Waals surface area contributed by atoms with Crippen molar-refractivity contribution in [3.63, 3.8) is 0 Å². The number of phenols is 2. The molecule has 1 heterocycles. The lowest BCUT2D eigenvalue weighted by Crippen LogP contribution is -2.34. The Bertz CT molecular complexity index is 615. The third kappa shape index (κ3) is 3.49. The van der Waals surface area contributed by atoms with Crippen molar-refractivity contribution in [3.8, 4) is 22.1 Å². The number of aryl methyl sites for hydroxylation is 1. The fraction of sp³-hybridized carbons (Fsp3) is 0.400. The number of phenolic OH excluding ortho intramolecular Hbond substituents is 2. The van der Waals surface area contributed by atoms with Crippen molar-refractivity contribution in [1.82, 2.24) is 10.3 Å². The summed E-state index contributed by atoms with van der Waals surface area (Å²) < 4.78 is 0. The van der Waals surface area contributed by atoms with Gasteiger partial charge in [0.15, 0.2) is 11.5 Å². The highest BCUT2D eigenvalue weighted by molar-refractivity contribution is 7.15. The van der Waals surface area contributed by atoms with Gasteiger partial charge >= 0.3 is 0 Å². The van der Waals surface area contributed by atoms with Crippen LogP contribution in [0.2, 0.25) is 0 Å². The number of aromatic nitrogens is 1. The first-order valence-electron chi connectivity index (χ1n) is 6.50. The van der Waals surface area contributed by atoms with E-state index in [4.69, 9.17) is 0 Å². The average Bonchev–Trinajstić information content (AvgIpc) is 2.71. The fourth-order valence-corrected chi connectivity index (χ4v) is 2.72. The maximum Gasteiger partial charge on any atom is 0.158 e. The molecule has 0 aliphatic heterocycles. The van der Waals surface area contributed by atoms with Gasteiger partial charge in [0, 0.05) is 22.5 Å². The van der Waals surface area contributed by atoms with E-state index in [-0.39, 0.29) is 17.0 Å². The highest BCUT2D eigenvalue weighted by Gasteiger charge is 2.14. The molecule has 0 bridgehead atoms. The Morgan fingerprint density at radius 2 is 1.90 bits per heavy atom. The summed E-state index contributed by atoms with van der Waals surface area (Å²) in [5.74, 6) is -0.235. The van der Waals surface area contributed by atoms with E-state index < -0.39 is 0 Å². The molecule has 2 aromatic rings. The van der Waals surface area contributed by atoms with Gasteiger partial charge in [-0.2, -0.15) is 0 Å². The maximum atomic E-state index is 9.56. The Balaban J connectivity index is 2.24. The first-order chi connectivity index (χ1) is 9.26. The molecule has 0 radical (unpaired) electrons. The van der Waals surface area contributed by atoms with Crippen molar-refractivity contribution in [2.75, 3.05) is 0 Å². The highest BCUT2D eigenvalue weighted by Crippen LogP contribution is 2.33. The first-order valence-corrected chi connectivity index (χ1v) is 7.31. The summed E-state index contributed by atoms with van der Waals surface area (Å²) in [4.78, 5) is 5.72. The highest BCUT2D eigenvalue weighted by atomic mass is 32.1. The van der Waals surface area contributed by atoms with Crippen LogP contribution in [0.3, 0.4) is 0 Å². The normalized spacial score (nSPS) is 11.8. The molecule has 0 spiro atoms. The number of hydrogen-bond donors (Lipinski definition) is 3. The number of hydrogen-bond acceptors (Lipinski definition) is 5. The zero-order chi connectivity index (χ0) is 14.9. The van der Waals surface area contributed by atoms with Crippen molar-refractivity contribution in [2.45, 2.75) is 39.8 Å². The lowest BCUT2D eigenvalue weighted by atomic mass is 10.1. The first kappa shape index (κ1) is 14.8. The molecule has 0 atom stereocenters. The van der Waals surface area contributed by atoms with Crippen LogP contribution in [-0.2, 0) is 6.54 Å². The summed E-state index contributed by atoms with van der Waals surface area (Å²) in [7, 11) is 0. The SMILES string of the molecule is Cc1nc(-c2ccc(O)c(O)c2)sc1CNC(C)(C)C. The third-order valence-corrected chi connectivity index (χ3v) is 4.10. The molecule has 0 unspecified atom stereocenters. The molecule has 0 saturated heterocycles. The standard InChI is InChI=1S/C15H20N2O2S/c1-9-13(8-16-15(2,3)4)20-14(17-9)10-5-6-11(18)12(19)7-10/h5-7,16,18-19H,8H2,1-4H3. The predicted molar refractivity (Wildman–Crippen MR) is 82.2 cm³/mol. The van der Waals surface area contributed by atoms with Crippen LogP contribution in [0.15, 0.2) is 18.2 Å². The van der Waals surface area contributed by atoms with Gasteiger partial charge in [-0.15, -0.1) is 11.3 Å². The van der Waals surface area contributed by atoms with Gasteiger partial charge in [-0.1, -0.05) is 0 Å². The van der Waals surface area contributed by atoms with Crippen LogP contribution in [0.5, 0.6) is 11.5 Å². The number of rotatable bonds is 3. The van der Waals surface area contributed by atoms with Crippen molar-refractivity contribution in [2.24, 2.45) is 0 Å². The van der Waals surface area contributed by atoms with E-state index in [2.05, 4.69) is 31.1 Å². The summed E-state index contributed by atoms with van der Waals surface area (Å²) in [6.07, 6.45) is 0. The molecular formula is C15H20N2O2S. The Kier molecular flexibility index (Phi) is 4.01. The summed E-state index contributed by atoms with van der Waals surface area (Å²) in [5, 5.41) is 23.2. The molecule has 0 saturated carbocycles. The van der Waals surface area contributed by atoms with Crippen LogP contribution in [-0.4, -0.2) is 20.7 Å². The topological polar surface area (TPSA) is 65.4 Å². The molecule has 0 aliphatic carbocycles. The predicted octanol–water partition coefficient (Wildman–Crippen LogP) is 3.42. The van der Waals surface area contributed by atoms with Gasteiger partial charge in [0.1, 0.15) is 5.01 Å². The van der Waals surface area contributed by atoms with E-state index in [1.807, 2.05) is 6.92 Å². The minimum atomic E-state index is -0.121. The van der Waals surface area contributed by atoms with Crippen molar-refractivity contribution < 1.29 is 10.2 Å². The van der Waals surface area contributed by atoms with Crippen LogP contribution in [0.4, 0.5) is 0 Å². The molecule has 108 valence electrons. The minimum Gasteiger partial charge on any atom is -0.504 e. The van der Waals surface area contributed by atoms with Gasteiger partial charge in [0.2, 0.25) is 0 Å². The van der Waals surface area contributed by atoms with Crippen LogP contribution < -0.4 is 5.32 Å². The molecule has 1 aromatic carbocycles. The van der Waals surface area contributed by atoms with Gasteiger partial charge in [0.05, 0.1) is 5.69 Å². The molecule has 2 rings (SSSR count). The number of benzene rings is 1. The Hall–Kier alpha value is -1.59. The van der Waals surface area contributed by atoms with Crippen molar-refractivity contribution >= 4 is 11.3 Å². The van der Waals surface area contributed by atoms with Crippen molar-refractivity contribution in [3.05, 3.63) is 28.8 Å². The second kappa shape index (κ2) is 5.42. The van der Waals surface area contributed by atoms with E-state index in [0.717, 1.165) is 22.8 Å². The van der Waals surface area contributed by atoms with Gasteiger partial charge in [-0.3, -0.25) is 0 Å². The van der Waals surface area contributed by atoms with Gasteiger partial charge in [0.25, 0.3) is 0 Å². The lowest BCUT2D eigenvalue weighted by molar-refractivity contribution is 0.404. The molecular weight excluding hydrogens is 272 g/mol. The average molecular weight is 292 g/mol. The zero-order valence-electron chi connectivity index (χ0n) is 12.2. The van der Waals surface area contributed by atoms with Gasteiger partial charge < -0.3 is 15.5 Å². The van der Waals surface area contributed by atoms with Gasteiger partial charge in [-0.25, -0.2) is 4.98 Å². The summed E-state index contributed by atoms with van der Waals surface area (Å²) in [5.41, 5.74) is 1.87. The number of nitrogens with zero attached hydrogens (tertiary/aromatic N) is 1. The molecule has 20 heavy (non-hydrogen) atoms. The number of nitrogens with one attached hydrogen (secondary N) is 1. The second-order valence-electron chi connectivity index (χ2n) is 5.83. The van der Waals surface area contributed by atoms with Crippen LogP contribution >= 0.6 is 11.3 Å². The lowest BCUT2D eigenvalue weighted by Gasteiger charge is -2.19. The van der Waals surface area contributed by atoms with E-state index in [9.17, 15) is 10.2 Å². The van der Waals surface area contributed by atoms with Crippen LogP contribution in [0.25, 0.3) is 10.6 Å². The summed E-state index contributed by atoms with van der Waals surface area (Å²) in [6.45, 7) is 9.14. The number of aromatic hydroxyl groups is 2. The second-order valence-corrected chi connectivity index (χ2v) is 6.92. The Morgan fingerprint density at radius 3 is 2.50 bits per heavy atom. The fourth-order valence-electron chi connectivity index (χ4n) is 1.72. The molecule has 0 fully saturated rings. The Labute approximate surface area is 123 Å².